The van der Waals surface area contributed by atoms with E-state index >= 15 is 0 Å². The fraction of sp³-hybridized carbons (Fsp3) is 0.133. The van der Waals surface area contributed by atoms with Crippen LogP contribution < -0.4 is 0 Å². The zero-order valence-electron chi connectivity index (χ0n) is 10.1. The van der Waals surface area contributed by atoms with E-state index in [1.807, 2.05) is 0 Å². The normalized spacial score (nSPS) is 10.4. The van der Waals surface area contributed by atoms with Gasteiger partial charge in [0.2, 0.25) is 0 Å². The molecule has 0 spiro atoms. The SMILES string of the molecule is Cc1ccc(C(=O)c2ccc(F)cc2C)cc1F. The van der Waals surface area contributed by atoms with E-state index in [1.165, 1.54) is 24.3 Å². The van der Waals surface area contributed by atoms with Crippen molar-refractivity contribution >= 4 is 5.78 Å². The predicted molar refractivity (Wildman–Crippen MR) is 65.7 cm³/mol. The van der Waals surface area contributed by atoms with Crippen molar-refractivity contribution in [2.75, 3.05) is 0 Å². The zero-order valence-corrected chi connectivity index (χ0v) is 10.1. The lowest BCUT2D eigenvalue weighted by Crippen LogP contribution is -2.05. The molecule has 3 heteroatoms. The minimum Gasteiger partial charge on any atom is -0.289 e. The van der Waals surface area contributed by atoms with Crippen LogP contribution in [0.25, 0.3) is 0 Å². The number of benzene rings is 2. The van der Waals surface area contributed by atoms with Crippen molar-refractivity contribution in [1.29, 1.82) is 0 Å². The first-order chi connectivity index (χ1) is 8.49. The maximum absolute atomic E-state index is 13.4. The summed E-state index contributed by atoms with van der Waals surface area (Å²) in [6.07, 6.45) is 0. The molecule has 2 rings (SSSR count). The smallest absolute Gasteiger partial charge is 0.193 e. The molecular weight excluding hydrogens is 234 g/mol. The van der Waals surface area contributed by atoms with E-state index in [4.69, 9.17) is 0 Å². The van der Waals surface area contributed by atoms with Gasteiger partial charge in [-0.15, -0.1) is 0 Å². The Morgan fingerprint density at radius 1 is 0.944 bits per heavy atom. The van der Waals surface area contributed by atoms with Crippen LogP contribution in [0.1, 0.15) is 27.0 Å². The van der Waals surface area contributed by atoms with Crippen LogP contribution >= 0.6 is 0 Å². The van der Waals surface area contributed by atoms with Crippen molar-refractivity contribution in [3.63, 3.8) is 0 Å². The summed E-state index contributed by atoms with van der Waals surface area (Å²) in [5.74, 6) is -1.11. The molecule has 0 atom stereocenters. The van der Waals surface area contributed by atoms with Gasteiger partial charge in [-0.2, -0.15) is 0 Å². The summed E-state index contributed by atoms with van der Waals surface area (Å²) in [4.78, 5) is 12.2. The Kier molecular flexibility index (Phi) is 3.24. The van der Waals surface area contributed by atoms with E-state index in [2.05, 4.69) is 0 Å². The van der Waals surface area contributed by atoms with Crippen LogP contribution in [0.3, 0.4) is 0 Å². The van der Waals surface area contributed by atoms with Gasteiger partial charge in [0.05, 0.1) is 0 Å². The quantitative estimate of drug-likeness (QED) is 0.736. The first-order valence-corrected chi connectivity index (χ1v) is 5.56. The number of carbonyl (C=O) groups excluding carboxylic acids is 1. The molecular formula is C15H12F2O. The maximum Gasteiger partial charge on any atom is 0.193 e. The lowest BCUT2D eigenvalue weighted by molar-refractivity contribution is 0.103. The molecule has 0 aliphatic heterocycles. The molecule has 2 aromatic carbocycles. The first-order valence-electron chi connectivity index (χ1n) is 5.56. The van der Waals surface area contributed by atoms with Crippen molar-refractivity contribution in [2.45, 2.75) is 13.8 Å². The number of hydrogen-bond acceptors (Lipinski definition) is 1. The van der Waals surface area contributed by atoms with Gasteiger partial charge in [0.1, 0.15) is 11.6 Å². The Morgan fingerprint density at radius 3 is 2.28 bits per heavy atom. The highest BCUT2D eigenvalue weighted by molar-refractivity contribution is 6.09. The fourth-order valence-electron chi connectivity index (χ4n) is 1.77. The van der Waals surface area contributed by atoms with Gasteiger partial charge in [-0.1, -0.05) is 12.1 Å². The van der Waals surface area contributed by atoms with Crippen molar-refractivity contribution in [3.05, 3.63) is 70.3 Å². The van der Waals surface area contributed by atoms with Crippen LogP contribution in [0.5, 0.6) is 0 Å². The van der Waals surface area contributed by atoms with E-state index in [-0.39, 0.29) is 17.2 Å². The van der Waals surface area contributed by atoms with Gasteiger partial charge in [-0.25, -0.2) is 8.78 Å². The third-order valence-electron chi connectivity index (χ3n) is 2.87. The second kappa shape index (κ2) is 4.69. The largest absolute Gasteiger partial charge is 0.289 e. The maximum atomic E-state index is 13.4. The van der Waals surface area contributed by atoms with Crippen LogP contribution in [0.2, 0.25) is 0 Å². The van der Waals surface area contributed by atoms with Crippen molar-refractivity contribution in [2.24, 2.45) is 0 Å². The topological polar surface area (TPSA) is 17.1 Å². The van der Waals surface area contributed by atoms with Crippen LogP contribution in [-0.2, 0) is 0 Å². The summed E-state index contributed by atoms with van der Waals surface area (Å²) >= 11 is 0. The predicted octanol–water partition coefficient (Wildman–Crippen LogP) is 3.81. The molecule has 1 nitrogen and oxygen atoms in total. The van der Waals surface area contributed by atoms with E-state index < -0.39 is 5.82 Å². The molecule has 0 aliphatic rings. The third kappa shape index (κ3) is 2.30. The van der Waals surface area contributed by atoms with Crippen LogP contribution in [0, 0.1) is 25.5 Å². The molecule has 0 fully saturated rings. The van der Waals surface area contributed by atoms with Crippen molar-refractivity contribution < 1.29 is 13.6 Å². The van der Waals surface area contributed by atoms with Gasteiger partial charge in [0.25, 0.3) is 0 Å². The monoisotopic (exact) mass is 246 g/mol. The molecule has 18 heavy (non-hydrogen) atoms. The summed E-state index contributed by atoms with van der Waals surface area (Å²) < 4.78 is 26.4. The van der Waals surface area contributed by atoms with E-state index in [0.29, 0.717) is 16.7 Å². The molecule has 0 amide bonds. The molecule has 92 valence electrons. The Balaban J connectivity index is 2.44. The van der Waals surface area contributed by atoms with Crippen LogP contribution in [0.15, 0.2) is 36.4 Å². The summed E-state index contributed by atoms with van der Waals surface area (Å²) in [6, 6.07) is 8.28. The fourth-order valence-corrected chi connectivity index (χ4v) is 1.77. The average molecular weight is 246 g/mol. The summed E-state index contributed by atoms with van der Waals surface area (Å²) in [5, 5.41) is 0. The third-order valence-corrected chi connectivity index (χ3v) is 2.87. The molecule has 0 unspecified atom stereocenters. The Morgan fingerprint density at radius 2 is 1.67 bits per heavy atom. The van der Waals surface area contributed by atoms with Crippen LogP contribution in [0.4, 0.5) is 8.78 Å². The highest BCUT2D eigenvalue weighted by atomic mass is 19.1. The molecule has 0 bridgehead atoms. The van der Waals surface area contributed by atoms with Crippen LogP contribution in [-0.4, -0.2) is 5.78 Å². The number of rotatable bonds is 2. The highest BCUT2D eigenvalue weighted by Crippen LogP contribution is 2.17. The highest BCUT2D eigenvalue weighted by Gasteiger charge is 2.13. The Labute approximate surface area is 104 Å². The molecule has 0 saturated carbocycles. The molecule has 0 radical (unpaired) electrons. The minimum absolute atomic E-state index is 0.271. The van der Waals surface area contributed by atoms with Gasteiger partial charge in [0.15, 0.2) is 5.78 Å². The van der Waals surface area contributed by atoms with Crippen molar-refractivity contribution in [1.82, 2.24) is 0 Å². The first kappa shape index (κ1) is 12.4. The lowest BCUT2D eigenvalue weighted by atomic mass is 9.98. The molecule has 0 saturated heterocycles. The summed E-state index contributed by atoms with van der Waals surface area (Å²) in [7, 11) is 0. The molecule has 2 aromatic rings. The molecule has 0 N–H and O–H groups in total. The number of hydrogen-bond donors (Lipinski definition) is 0. The van der Waals surface area contributed by atoms with Crippen molar-refractivity contribution in [3.8, 4) is 0 Å². The Hall–Kier alpha value is -2.03. The standard InChI is InChI=1S/C15H12F2O/c1-9-3-4-11(8-14(9)17)15(18)13-6-5-12(16)7-10(13)2/h3-8H,1-2H3. The molecule has 0 aromatic heterocycles. The van der Waals surface area contributed by atoms with Gasteiger partial charge < -0.3 is 0 Å². The number of ketones is 1. The Bertz CT molecular complexity index is 618. The number of carbonyl (C=O) groups is 1. The van der Waals surface area contributed by atoms with E-state index in [0.717, 1.165) is 0 Å². The average Bonchev–Trinajstić information content (AvgIpc) is 2.32. The summed E-state index contributed by atoms with van der Waals surface area (Å²) in [6.45, 7) is 3.29. The second-order valence-electron chi connectivity index (χ2n) is 4.25. The minimum atomic E-state index is -0.416. The zero-order chi connectivity index (χ0) is 13.3. The van der Waals surface area contributed by atoms with Gasteiger partial charge in [-0.05, 0) is 49.2 Å². The van der Waals surface area contributed by atoms with Gasteiger partial charge in [-0.3, -0.25) is 4.79 Å². The summed E-state index contributed by atoms with van der Waals surface area (Å²) in [5.41, 5.74) is 1.69. The number of halogens is 2. The van der Waals surface area contributed by atoms with Gasteiger partial charge >= 0.3 is 0 Å². The molecule has 0 aliphatic carbocycles. The number of aryl methyl sites for hydroxylation is 2. The molecule has 0 heterocycles. The van der Waals surface area contributed by atoms with E-state index in [1.54, 1.807) is 26.0 Å². The van der Waals surface area contributed by atoms with E-state index in [9.17, 15) is 13.6 Å². The van der Waals surface area contributed by atoms with Gasteiger partial charge in [0, 0.05) is 11.1 Å². The second-order valence-corrected chi connectivity index (χ2v) is 4.25. The lowest BCUT2D eigenvalue weighted by Gasteiger charge is -2.06.